The quantitative estimate of drug-likeness (QED) is 0.619. The highest BCUT2D eigenvalue weighted by molar-refractivity contribution is 7.57. The van der Waals surface area contributed by atoms with Crippen molar-refractivity contribution in [1.82, 2.24) is 5.09 Å². The zero-order valence-corrected chi connectivity index (χ0v) is 14.6. The third-order valence-electron chi connectivity index (χ3n) is 2.22. The lowest BCUT2D eigenvalue weighted by molar-refractivity contribution is 0.0981. The van der Waals surface area contributed by atoms with Gasteiger partial charge in [0.15, 0.2) is 0 Å². The number of carbonyl (C=O) groups is 2. The van der Waals surface area contributed by atoms with Crippen LogP contribution in [0.4, 0.5) is 0 Å². The monoisotopic (exact) mass is 360 g/mol. The number of hydrogen-bond donors (Lipinski definition) is 4. The fourth-order valence-corrected chi connectivity index (χ4v) is 3.33. The van der Waals surface area contributed by atoms with Crippen molar-refractivity contribution in [2.45, 2.75) is 13.8 Å². The maximum Gasteiger partial charge on any atom is 0.300 e. The molecule has 10 heteroatoms. The van der Waals surface area contributed by atoms with Crippen LogP contribution in [0.3, 0.4) is 0 Å². The summed E-state index contributed by atoms with van der Waals surface area (Å²) in [5.41, 5.74) is 15.0. The lowest BCUT2D eigenvalue weighted by Crippen LogP contribution is -2.27. The van der Waals surface area contributed by atoms with E-state index in [1.165, 1.54) is 22.7 Å². The Labute approximate surface area is 136 Å². The lowest BCUT2D eigenvalue weighted by Gasteiger charge is -2.06. The first kappa shape index (κ1) is 18.5. The number of aryl methyl sites for hydroxylation is 2. The van der Waals surface area contributed by atoms with Gasteiger partial charge in [-0.2, -0.15) is 0 Å². The zero-order valence-electron chi connectivity index (χ0n) is 12.0. The van der Waals surface area contributed by atoms with E-state index in [2.05, 4.69) is 0 Å². The smallest absolute Gasteiger partial charge is 0.300 e. The zero-order chi connectivity index (χ0) is 16.9. The van der Waals surface area contributed by atoms with Crippen molar-refractivity contribution in [1.29, 1.82) is 0 Å². The van der Waals surface area contributed by atoms with Gasteiger partial charge in [0.05, 0.1) is 9.75 Å². The van der Waals surface area contributed by atoms with E-state index in [9.17, 15) is 14.2 Å². The number of primary amides is 1. The molecule has 0 spiro atoms. The highest BCUT2D eigenvalue weighted by atomic mass is 32.1. The Morgan fingerprint density at radius 3 is 1.73 bits per heavy atom. The first-order chi connectivity index (χ1) is 10.1. The van der Waals surface area contributed by atoms with Crippen LogP contribution >= 0.6 is 30.3 Å². The van der Waals surface area contributed by atoms with Gasteiger partial charge in [0, 0.05) is 9.75 Å². The molecule has 0 fully saturated rings. The average Bonchev–Trinajstić information content (AvgIpc) is 2.96. The van der Waals surface area contributed by atoms with Gasteiger partial charge in [0.25, 0.3) is 11.8 Å². The minimum Gasteiger partial charge on any atom is -0.365 e. The molecular weight excluding hydrogens is 343 g/mol. The highest BCUT2D eigenvalue weighted by Gasteiger charge is 2.15. The second-order valence-electron chi connectivity index (χ2n) is 4.34. The van der Waals surface area contributed by atoms with E-state index in [1.54, 1.807) is 18.2 Å². The van der Waals surface area contributed by atoms with Crippen LogP contribution in [0.15, 0.2) is 24.3 Å². The van der Waals surface area contributed by atoms with Gasteiger partial charge in [-0.05, 0) is 38.1 Å². The van der Waals surface area contributed by atoms with Crippen molar-refractivity contribution in [2.24, 2.45) is 16.7 Å². The fraction of sp³-hybridized carbons (Fsp3) is 0.167. The number of hydrogen-bond acceptors (Lipinski definition) is 5. The van der Waals surface area contributed by atoms with Gasteiger partial charge in [-0.15, -0.1) is 22.7 Å². The van der Waals surface area contributed by atoms with Gasteiger partial charge in [-0.1, -0.05) is 0 Å². The van der Waals surface area contributed by atoms with Crippen LogP contribution in [0.2, 0.25) is 0 Å². The number of carbonyl (C=O) groups excluding carboxylic acids is 2. The molecule has 0 aliphatic rings. The van der Waals surface area contributed by atoms with Crippen LogP contribution in [-0.2, 0) is 4.57 Å². The average molecular weight is 360 g/mol. The van der Waals surface area contributed by atoms with E-state index in [0.29, 0.717) is 9.75 Å². The molecule has 2 amide bonds. The van der Waals surface area contributed by atoms with Gasteiger partial charge in [0.1, 0.15) is 0 Å². The number of rotatable bonds is 3. The first-order valence-corrected chi connectivity index (χ1v) is 9.49. The minimum atomic E-state index is -3.47. The van der Waals surface area contributed by atoms with Crippen LogP contribution in [0.25, 0.3) is 0 Å². The predicted octanol–water partition coefficient (Wildman–Crippen LogP) is 1.97. The maximum absolute atomic E-state index is 11.2. The lowest BCUT2D eigenvalue weighted by atomic mass is 10.4. The third kappa shape index (κ3) is 6.50. The summed E-state index contributed by atoms with van der Waals surface area (Å²) < 4.78 is 10.8. The minimum absolute atomic E-state index is 0.340. The Morgan fingerprint density at radius 1 is 1.00 bits per heavy atom. The summed E-state index contributed by atoms with van der Waals surface area (Å²) in [7, 11) is -3.47. The van der Waals surface area contributed by atoms with Gasteiger partial charge >= 0.3 is 7.59 Å². The van der Waals surface area contributed by atoms with Gasteiger partial charge in [-0.25, -0.2) is 0 Å². The van der Waals surface area contributed by atoms with E-state index in [1.807, 2.05) is 25.0 Å². The van der Waals surface area contributed by atoms with E-state index < -0.39 is 13.5 Å². The third-order valence-corrected chi connectivity index (χ3v) is 4.79. The Morgan fingerprint density at radius 2 is 1.45 bits per heavy atom. The molecule has 2 aromatic heterocycles. The number of nitrogens with two attached hydrogens (primary N) is 3. The molecular formula is C12H17N4O3PS2. The second kappa shape index (κ2) is 7.66. The molecule has 0 saturated carbocycles. The molecule has 7 nitrogen and oxygen atoms in total. The Bertz CT molecular complexity index is 720. The molecule has 0 saturated heterocycles. The summed E-state index contributed by atoms with van der Waals surface area (Å²) in [4.78, 5) is 24.9. The van der Waals surface area contributed by atoms with Crippen LogP contribution in [-0.4, -0.2) is 11.8 Å². The summed E-state index contributed by atoms with van der Waals surface area (Å²) in [5.74, 6) is -0.834. The fourth-order valence-electron chi connectivity index (χ4n) is 1.34. The summed E-state index contributed by atoms with van der Waals surface area (Å²) in [6, 6.07) is 7.04. The normalized spacial score (nSPS) is 10.5. The SMILES string of the molecule is Cc1ccc(C(=O)NP(N)(N)=O)s1.Cc1ccc(C(N)=O)s1. The van der Waals surface area contributed by atoms with E-state index in [0.717, 1.165) is 9.75 Å². The largest absolute Gasteiger partial charge is 0.365 e. The van der Waals surface area contributed by atoms with E-state index in [4.69, 9.17) is 16.7 Å². The Balaban J connectivity index is 0.000000235. The summed E-state index contributed by atoms with van der Waals surface area (Å²) >= 11 is 2.71. The molecule has 2 aromatic rings. The topological polar surface area (TPSA) is 141 Å². The Hall–Kier alpha value is -1.51. The second-order valence-corrected chi connectivity index (χ2v) is 8.55. The van der Waals surface area contributed by atoms with Crippen LogP contribution < -0.4 is 21.8 Å². The molecule has 0 aliphatic carbocycles. The summed E-state index contributed by atoms with van der Waals surface area (Å²) in [5, 5.41) is 2.03. The van der Waals surface area contributed by atoms with E-state index >= 15 is 0 Å². The Kier molecular flexibility index (Phi) is 6.46. The molecule has 0 atom stereocenters. The van der Waals surface area contributed by atoms with E-state index in [-0.39, 0.29) is 5.91 Å². The molecule has 0 radical (unpaired) electrons. The number of nitrogens with one attached hydrogen (secondary N) is 1. The molecule has 120 valence electrons. The molecule has 0 unspecified atom stereocenters. The first-order valence-electron chi connectivity index (χ1n) is 6.01. The van der Waals surface area contributed by atoms with Gasteiger partial charge < -0.3 is 5.73 Å². The van der Waals surface area contributed by atoms with Gasteiger partial charge in [-0.3, -0.25) is 30.2 Å². The number of thiophene rings is 2. The van der Waals surface area contributed by atoms with Crippen molar-refractivity contribution in [3.63, 3.8) is 0 Å². The predicted molar refractivity (Wildman–Crippen MR) is 90.1 cm³/mol. The van der Waals surface area contributed by atoms with Crippen molar-refractivity contribution in [3.8, 4) is 0 Å². The van der Waals surface area contributed by atoms with Crippen LogP contribution in [0.1, 0.15) is 29.1 Å². The number of amides is 2. The summed E-state index contributed by atoms with van der Waals surface area (Å²) in [6.07, 6.45) is 0. The van der Waals surface area contributed by atoms with Gasteiger partial charge in [0.2, 0.25) is 0 Å². The molecule has 0 aliphatic heterocycles. The standard InChI is InChI=1S/C6H10N3O2PS.C6H7NOS/c1-4-2-3-5(13-4)6(10)9-12(7,8)11;1-4-2-3-5(9-4)6(7)8/h2-3H,1H3,(H5,7,8,9,10,11);2-3H,1H3,(H2,7,8). The summed E-state index contributed by atoms with van der Waals surface area (Å²) in [6.45, 7) is 3.81. The molecule has 0 aromatic carbocycles. The highest BCUT2D eigenvalue weighted by Crippen LogP contribution is 2.21. The van der Waals surface area contributed by atoms with Crippen LogP contribution in [0, 0.1) is 13.8 Å². The molecule has 22 heavy (non-hydrogen) atoms. The van der Waals surface area contributed by atoms with Crippen LogP contribution in [0.5, 0.6) is 0 Å². The van der Waals surface area contributed by atoms with Crippen molar-refractivity contribution < 1.29 is 14.2 Å². The van der Waals surface area contributed by atoms with Crippen molar-refractivity contribution in [2.75, 3.05) is 0 Å². The van der Waals surface area contributed by atoms with Crippen molar-refractivity contribution >= 4 is 42.1 Å². The molecule has 2 heterocycles. The molecule has 7 N–H and O–H groups in total. The molecule has 2 rings (SSSR count). The van der Waals surface area contributed by atoms with Crippen molar-refractivity contribution in [3.05, 3.63) is 43.8 Å². The maximum atomic E-state index is 11.2. The molecule has 0 bridgehead atoms.